The molecule has 0 spiro atoms. The SMILES string of the molecule is Cc1ccccc1OCC1=C(CC(=O)O)C=CCC1=O. The number of carbonyl (C=O) groups is 2. The first-order valence-corrected chi connectivity index (χ1v) is 6.40. The van der Waals surface area contributed by atoms with Crippen LogP contribution in [0.4, 0.5) is 0 Å². The van der Waals surface area contributed by atoms with Crippen LogP contribution in [0, 0.1) is 6.92 Å². The molecule has 0 atom stereocenters. The lowest BCUT2D eigenvalue weighted by Crippen LogP contribution is -2.17. The van der Waals surface area contributed by atoms with Gasteiger partial charge in [-0.3, -0.25) is 9.59 Å². The van der Waals surface area contributed by atoms with Crippen molar-refractivity contribution in [2.75, 3.05) is 6.61 Å². The van der Waals surface area contributed by atoms with Crippen LogP contribution in [-0.2, 0) is 9.59 Å². The summed E-state index contributed by atoms with van der Waals surface area (Å²) >= 11 is 0. The molecule has 1 aromatic rings. The van der Waals surface area contributed by atoms with E-state index in [2.05, 4.69) is 0 Å². The zero-order chi connectivity index (χ0) is 14.5. The van der Waals surface area contributed by atoms with Crippen molar-refractivity contribution in [3.05, 3.63) is 53.1 Å². The minimum atomic E-state index is -0.951. The fourth-order valence-corrected chi connectivity index (χ4v) is 2.08. The van der Waals surface area contributed by atoms with Crippen molar-refractivity contribution in [1.82, 2.24) is 0 Å². The Labute approximate surface area is 117 Å². The largest absolute Gasteiger partial charge is 0.488 e. The van der Waals surface area contributed by atoms with Gasteiger partial charge in [-0.2, -0.15) is 0 Å². The van der Waals surface area contributed by atoms with E-state index in [0.29, 0.717) is 23.3 Å². The number of aliphatic carboxylic acids is 1. The number of hydrogen-bond acceptors (Lipinski definition) is 3. The predicted molar refractivity (Wildman–Crippen MR) is 74.7 cm³/mol. The van der Waals surface area contributed by atoms with Crippen LogP contribution in [0.1, 0.15) is 18.4 Å². The highest BCUT2D eigenvalue weighted by Crippen LogP contribution is 2.22. The summed E-state index contributed by atoms with van der Waals surface area (Å²) in [6, 6.07) is 7.52. The van der Waals surface area contributed by atoms with Gasteiger partial charge < -0.3 is 9.84 Å². The molecule has 2 rings (SSSR count). The Morgan fingerprint density at radius 1 is 1.35 bits per heavy atom. The highest BCUT2D eigenvalue weighted by atomic mass is 16.5. The maximum atomic E-state index is 11.9. The molecule has 0 amide bonds. The molecule has 0 aliphatic heterocycles. The van der Waals surface area contributed by atoms with Gasteiger partial charge in [0.15, 0.2) is 5.78 Å². The lowest BCUT2D eigenvalue weighted by atomic mass is 9.95. The lowest BCUT2D eigenvalue weighted by molar-refractivity contribution is -0.136. The van der Waals surface area contributed by atoms with E-state index in [-0.39, 0.29) is 18.8 Å². The summed E-state index contributed by atoms with van der Waals surface area (Å²) in [6.45, 7) is 2.03. The molecule has 1 aromatic carbocycles. The number of hydrogen-bond donors (Lipinski definition) is 1. The molecule has 0 aromatic heterocycles. The molecule has 4 nitrogen and oxygen atoms in total. The van der Waals surface area contributed by atoms with E-state index in [9.17, 15) is 9.59 Å². The van der Waals surface area contributed by atoms with Crippen molar-refractivity contribution in [2.24, 2.45) is 0 Å². The molecular formula is C16H16O4. The molecule has 1 aliphatic rings. The van der Waals surface area contributed by atoms with E-state index in [1.54, 1.807) is 12.2 Å². The number of aryl methyl sites for hydroxylation is 1. The van der Waals surface area contributed by atoms with E-state index in [1.807, 2.05) is 31.2 Å². The van der Waals surface area contributed by atoms with Gasteiger partial charge in [0.2, 0.25) is 0 Å². The quantitative estimate of drug-likeness (QED) is 0.895. The lowest BCUT2D eigenvalue weighted by Gasteiger charge is -2.15. The molecule has 0 fully saturated rings. The minimum absolute atomic E-state index is 0.0719. The molecule has 0 saturated heterocycles. The van der Waals surface area contributed by atoms with E-state index < -0.39 is 5.97 Å². The van der Waals surface area contributed by atoms with Crippen LogP contribution in [0.15, 0.2) is 47.6 Å². The van der Waals surface area contributed by atoms with Gasteiger partial charge in [0.05, 0.1) is 6.42 Å². The van der Waals surface area contributed by atoms with Crippen LogP contribution in [0.5, 0.6) is 5.75 Å². The van der Waals surface area contributed by atoms with Gasteiger partial charge in [-0.25, -0.2) is 0 Å². The van der Waals surface area contributed by atoms with Gasteiger partial charge in [-0.15, -0.1) is 0 Å². The smallest absolute Gasteiger partial charge is 0.307 e. The molecule has 20 heavy (non-hydrogen) atoms. The molecule has 0 bridgehead atoms. The van der Waals surface area contributed by atoms with Gasteiger partial charge in [-0.05, 0) is 24.1 Å². The summed E-state index contributed by atoms with van der Waals surface area (Å²) < 4.78 is 5.65. The Hall–Kier alpha value is -2.36. The van der Waals surface area contributed by atoms with Crippen molar-refractivity contribution in [3.8, 4) is 5.75 Å². The Bertz CT molecular complexity index is 596. The first kappa shape index (κ1) is 14.1. The molecular weight excluding hydrogens is 256 g/mol. The summed E-state index contributed by atoms with van der Waals surface area (Å²) in [5.74, 6) is -0.317. The minimum Gasteiger partial charge on any atom is -0.488 e. The number of Topliss-reactive ketones (excluding diaryl/α,β-unsaturated/α-hetero) is 1. The number of ether oxygens (including phenoxy) is 1. The fourth-order valence-electron chi connectivity index (χ4n) is 2.08. The summed E-state index contributed by atoms with van der Waals surface area (Å²) in [5, 5.41) is 8.88. The number of carboxylic acid groups (broad SMARTS) is 1. The third kappa shape index (κ3) is 3.35. The molecule has 0 heterocycles. The van der Waals surface area contributed by atoms with Gasteiger partial charge in [0.25, 0.3) is 0 Å². The Kier molecular flexibility index (Phi) is 4.35. The standard InChI is InChI=1S/C16H16O4/c1-11-5-2-3-8-15(11)20-10-13-12(9-16(18)19)6-4-7-14(13)17/h2-6,8H,7,9-10H2,1H3,(H,18,19). The summed E-state index contributed by atoms with van der Waals surface area (Å²) in [7, 11) is 0. The maximum absolute atomic E-state index is 11.9. The van der Waals surface area contributed by atoms with Crippen LogP contribution < -0.4 is 4.74 Å². The van der Waals surface area contributed by atoms with E-state index in [0.717, 1.165) is 5.56 Å². The van der Waals surface area contributed by atoms with Gasteiger partial charge in [0.1, 0.15) is 12.4 Å². The topological polar surface area (TPSA) is 63.6 Å². The second kappa shape index (κ2) is 6.19. The van der Waals surface area contributed by atoms with Crippen LogP contribution >= 0.6 is 0 Å². The van der Waals surface area contributed by atoms with E-state index in [4.69, 9.17) is 9.84 Å². The molecule has 104 valence electrons. The fraction of sp³-hybridized carbons (Fsp3) is 0.250. The summed E-state index contributed by atoms with van der Waals surface area (Å²) in [5.41, 5.74) is 1.96. The van der Waals surface area contributed by atoms with E-state index in [1.165, 1.54) is 0 Å². The number of carbonyl (C=O) groups excluding carboxylic acids is 1. The molecule has 0 radical (unpaired) electrons. The highest BCUT2D eigenvalue weighted by molar-refractivity contribution is 5.99. The average molecular weight is 272 g/mol. The van der Waals surface area contributed by atoms with Gasteiger partial charge in [0, 0.05) is 12.0 Å². The number of benzene rings is 1. The monoisotopic (exact) mass is 272 g/mol. The second-order valence-electron chi connectivity index (χ2n) is 4.66. The summed E-state index contributed by atoms with van der Waals surface area (Å²) in [6.07, 6.45) is 3.54. The first-order valence-electron chi connectivity index (χ1n) is 6.40. The molecule has 1 aliphatic carbocycles. The summed E-state index contributed by atoms with van der Waals surface area (Å²) in [4.78, 5) is 22.7. The average Bonchev–Trinajstić information content (AvgIpc) is 2.39. The van der Waals surface area contributed by atoms with Crippen molar-refractivity contribution in [2.45, 2.75) is 19.8 Å². The van der Waals surface area contributed by atoms with Crippen molar-refractivity contribution in [3.63, 3.8) is 0 Å². The highest BCUT2D eigenvalue weighted by Gasteiger charge is 2.19. The molecule has 0 saturated carbocycles. The number of rotatable bonds is 5. The predicted octanol–water partition coefficient (Wildman–Crippen LogP) is 2.67. The van der Waals surface area contributed by atoms with Crippen LogP contribution in [0.2, 0.25) is 0 Å². The second-order valence-corrected chi connectivity index (χ2v) is 4.66. The van der Waals surface area contributed by atoms with Crippen molar-refractivity contribution in [1.29, 1.82) is 0 Å². The maximum Gasteiger partial charge on any atom is 0.307 e. The van der Waals surface area contributed by atoms with Crippen molar-refractivity contribution < 1.29 is 19.4 Å². The van der Waals surface area contributed by atoms with Crippen LogP contribution in [0.3, 0.4) is 0 Å². The zero-order valence-corrected chi connectivity index (χ0v) is 11.3. The Morgan fingerprint density at radius 3 is 2.80 bits per heavy atom. The van der Waals surface area contributed by atoms with Gasteiger partial charge >= 0.3 is 5.97 Å². The third-order valence-corrected chi connectivity index (χ3v) is 3.15. The number of allylic oxidation sites excluding steroid dienone is 2. The number of ketones is 1. The molecule has 4 heteroatoms. The molecule has 0 unspecified atom stereocenters. The number of carboxylic acids is 1. The van der Waals surface area contributed by atoms with Gasteiger partial charge in [-0.1, -0.05) is 30.4 Å². The normalized spacial score (nSPS) is 14.6. The first-order chi connectivity index (χ1) is 9.58. The Balaban J connectivity index is 2.17. The van der Waals surface area contributed by atoms with Crippen molar-refractivity contribution >= 4 is 11.8 Å². The van der Waals surface area contributed by atoms with E-state index >= 15 is 0 Å². The van der Waals surface area contributed by atoms with Crippen LogP contribution in [-0.4, -0.2) is 23.5 Å². The third-order valence-electron chi connectivity index (χ3n) is 3.15. The Morgan fingerprint density at radius 2 is 2.10 bits per heavy atom. The zero-order valence-electron chi connectivity index (χ0n) is 11.3. The number of para-hydroxylation sites is 1. The molecule has 1 N–H and O–H groups in total. The van der Waals surface area contributed by atoms with Crippen LogP contribution in [0.25, 0.3) is 0 Å².